The van der Waals surface area contributed by atoms with Crippen LogP contribution in [0.25, 0.3) is 11.2 Å². The number of H-pyrrole nitrogens is 1. The maximum Gasteiger partial charge on any atom is 0.246 e. The molecule has 1 aromatic carbocycles. The van der Waals surface area contributed by atoms with Crippen LogP contribution in [0.3, 0.4) is 0 Å². The Morgan fingerprint density at radius 3 is 2.88 bits per heavy atom. The topological polar surface area (TPSA) is 105 Å². The van der Waals surface area contributed by atoms with Gasteiger partial charge in [0.25, 0.3) is 0 Å². The number of anilines is 1. The van der Waals surface area contributed by atoms with Crippen molar-refractivity contribution < 1.29 is 14.3 Å². The molecule has 1 aliphatic heterocycles. The summed E-state index contributed by atoms with van der Waals surface area (Å²) < 4.78 is 11.4. The molecule has 3 aromatic rings. The van der Waals surface area contributed by atoms with Crippen molar-refractivity contribution in [1.82, 2.24) is 24.8 Å². The highest BCUT2D eigenvalue weighted by Crippen LogP contribution is 2.30. The summed E-state index contributed by atoms with van der Waals surface area (Å²) >= 11 is 0. The maximum atomic E-state index is 11.9. The normalized spacial score (nSPS) is 17.5. The van der Waals surface area contributed by atoms with E-state index in [1.165, 1.54) is 12.4 Å². The molecule has 0 spiro atoms. The summed E-state index contributed by atoms with van der Waals surface area (Å²) in [7, 11) is 1.63. The molecule has 1 fully saturated rings. The summed E-state index contributed by atoms with van der Waals surface area (Å²) in [6.07, 6.45) is 3.71. The van der Waals surface area contributed by atoms with E-state index in [-0.39, 0.29) is 23.8 Å². The van der Waals surface area contributed by atoms with Crippen LogP contribution in [0.2, 0.25) is 0 Å². The number of methoxy groups -OCH3 is 1. The smallest absolute Gasteiger partial charge is 0.246 e. The van der Waals surface area contributed by atoms with E-state index < -0.39 is 0 Å². The van der Waals surface area contributed by atoms with Crippen molar-refractivity contribution in [3.8, 4) is 11.5 Å². The van der Waals surface area contributed by atoms with Gasteiger partial charge in [-0.3, -0.25) is 4.79 Å². The first-order valence-corrected chi connectivity index (χ1v) is 11.1. The van der Waals surface area contributed by atoms with Gasteiger partial charge in [0.2, 0.25) is 5.91 Å². The zero-order chi connectivity index (χ0) is 23.4. The zero-order valence-electron chi connectivity index (χ0n) is 19.2. The molecule has 0 aliphatic carbocycles. The first-order chi connectivity index (χ1) is 16.0. The van der Waals surface area contributed by atoms with Gasteiger partial charge in [-0.2, -0.15) is 0 Å². The monoisotopic (exact) mass is 450 g/mol. The number of nitrogens with one attached hydrogen (secondary N) is 2. The lowest BCUT2D eigenvalue weighted by Crippen LogP contribution is -2.30. The SMILES string of the molecule is C=CC(=O)N1CCC(Nc2ncnc3nc(C(C)C(C)COc4ccccc4OC)[nH]c23)C1. The van der Waals surface area contributed by atoms with Crippen molar-refractivity contribution in [3.05, 3.63) is 49.1 Å². The predicted octanol–water partition coefficient (Wildman–Crippen LogP) is 3.38. The Kier molecular flexibility index (Phi) is 6.76. The number of hydrogen-bond acceptors (Lipinski definition) is 7. The van der Waals surface area contributed by atoms with Crippen molar-refractivity contribution in [2.45, 2.75) is 32.2 Å². The van der Waals surface area contributed by atoms with E-state index in [4.69, 9.17) is 14.5 Å². The van der Waals surface area contributed by atoms with E-state index in [1.54, 1.807) is 12.0 Å². The number of carbonyl (C=O) groups is 1. The summed E-state index contributed by atoms with van der Waals surface area (Å²) in [6.45, 7) is 9.64. The average Bonchev–Trinajstić information content (AvgIpc) is 3.49. The summed E-state index contributed by atoms with van der Waals surface area (Å²) in [5.41, 5.74) is 1.38. The number of rotatable bonds is 9. The Hall–Kier alpha value is -3.62. The molecule has 1 saturated heterocycles. The number of aromatic nitrogens is 4. The molecule has 2 aromatic heterocycles. The quantitative estimate of drug-likeness (QED) is 0.482. The molecule has 3 atom stereocenters. The second-order valence-corrected chi connectivity index (χ2v) is 8.39. The Labute approximate surface area is 193 Å². The molecule has 2 N–H and O–H groups in total. The molecule has 0 saturated carbocycles. The number of ether oxygens (including phenoxy) is 2. The van der Waals surface area contributed by atoms with Gasteiger partial charge >= 0.3 is 0 Å². The van der Waals surface area contributed by atoms with Gasteiger partial charge in [-0.15, -0.1) is 0 Å². The standard InChI is InChI=1S/C24H30N6O3/c1-5-20(31)30-11-10-17(12-30)27-23-21-24(26-14-25-23)29-22(28-21)16(3)15(2)13-33-19-9-7-6-8-18(19)32-4/h5-9,14-17H,1,10-13H2,2-4H3,(H2,25,26,27,28,29). The van der Waals surface area contributed by atoms with Crippen molar-refractivity contribution in [3.63, 3.8) is 0 Å². The number of likely N-dealkylation sites (tertiary alicyclic amines) is 1. The fourth-order valence-corrected chi connectivity index (χ4v) is 3.95. The molecule has 0 radical (unpaired) electrons. The van der Waals surface area contributed by atoms with Gasteiger partial charge in [-0.05, 0) is 30.5 Å². The highest BCUT2D eigenvalue weighted by Gasteiger charge is 2.26. The van der Waals surface area contributed by atoms with Crippen LogP contribution in [0, 0.1) is 5.92 Å². The van der Waals surface area contributed by atoms with Crippen molar-refractivity contribution in [2.24, 2.45) is 5.92 Å². The van der Waals surface area contributed by atoms with Crippen LogP contribution in [-0.2, 0) is 4.79 Å². The number of para-hydroxylation sites is 2. The summed E-state index contributed by atoms with van der Waals surface area (Å²) in [4.78, 5) is 30.5. The molecule has 33 heavy (non-hydrogen) atoms. The van der Waals surface area contributed by atoms with Crippen molar-refractivity contribution >= 4 is 22.9 Å². The van der Waals surface area contributed by atoms with Gasteiger partial charge in [-0.1, -0.05) is 32.6 Å². The second-order valence-electron chi connectivity index (χ2n) is 8.39. The summed E-state index contributed by atoms with van der Waals surface area (Å²) in [5.74, 6) is 3.21. The van der Waals surface area contributed by atoms with Gasteiger partial charge in [-0.25, -0.2) is 15.0 Å². The number of nitrogens with zero attached hydrogens (tertiary/aromatic N) is 4. The highest BCUT2D eigenvalue weighted by molar-refractivity contribution is 5.87. The molecular formula is C24H30N6O3. The number of aromatic amines is 1. The minimum absolute atomic E-state index is 0.0471. The minimum Gasteiger partial charge on any atom is -0.493 e. The Morgan fingerprint density at radius 2 is 2.12 bits per heavy atom. The Balaban J connectivity index is 1.44. The van der Waals surface area contributed by atoms with Gasteiger partial charge in [0, 0.05) is 25.0 Å². The van der Waals surface area contributed by atoms with Crippen molar-refractivity contribution in [2.75, 3.05) is 32.1 Å². The largest absolute Gasteiger partial charge is 0.493 e. The fourth-order valence-electron chi connectivity index (χ4n) is 3.95. The second kappa shape index (κ2) is 9.89. The lowest BCUT2D eigenvalue weighted by Gasteiger charge is -2.19. The highest BCUT2D eigenvalue weighted by atomic mass is 16.5. The van der Waals surface area contributed by atoms with E-state index in [0.717, 1.165) is 23.5 Å². The number of benzene rings is 1. The first-order valence-electron chi connectivity index (χ1n) is 11.1. The van der Waals surface area contributed by atoms with Crippen LogP contribution < -0.4 is 14.8 Å². The van der Waals surface area contributed by atoms with E-state index in [1.807, 2.05) is 24.3 Å². The number of imidazole rings is 1. The Bertz CT molecular complexity index is 1130. The summed E-state index contributed by atoms with van der Waals surface area (Å²) in [5, 5.41) is 3.44. The number of hydrogen-bond donors (Lipinski definition) is 2. The maximum absolute atomic E-state index is 11.9. The fraction of sp³-hybridized carbons (Fsp3) is 0.417. The van der Waals surface area contributed by atoms with Gasteiger partial charge in [0.1, 0.15) is 17.7 Å². The number of carbonyl (C=O) groups excluding carboxylic acids is 1. The van der Waals surface area contributed by atoms with Crippen LogP contribution in [-0.4, -0.2) is 63.6 Å². The molecule has 1 aliphatic rings. The first kappa shape index (κ1) is 22.6. The molecule has 3 heterocycles. The summed E-state index contributed by atoms with van der Waals surface area (Å²) in [6, 6.07) is 7.74. The molecule has 9 nitrogen and oxygen atoms in total. The van der Waals surface area contributed by atoms with Gasteiger partial charge in [0.15, 0.2) is 23.0 Å². The molecule has 174 valence electrons. The third kappa shape index (κ3) is 4.92. The van der Waals surface area contributed by atoms with Gasteiger partial charge < -0.3 is 24.7 Å². The number of amides is 1. The van der Waals surface area contributed by atoms with Crippen molar-refractivity contribution in [1.29, 1.82) is 0 Å². The third-order valence-electron chi connectivity index (χ3n) is 6.18. The van der Waals surface area contributed by atoms with E-state index >= 15 is 0 Å². The van der Waals surface area contributed by atoms with Crippen LogP contribution in [0.5, 0.6) is 11.5 Å². The number of fused-ring (bicyclic) bond motifs is 1. The Morgan fingerprint density at radius 1 is 1.33 bits per heavy atom. The molecule has 0 bridgehead atoms. The molecule has 9 heteroatoms. The van der Waals surface area contributed by atoms with Crippen LogP contribution in [0.4, 0.5) is 5.82 Å². The molecule has 3 unspecified atom stereocenters. The molecule has 1 amide bonds. The van der Waals surface area contributed by atoms with E-state index in [2.05, 4.69) is 40.7 Å². The van der Waals surface area contributed by atoms with E-state index in [0.29, 0.717) is 36.9 Å². The average molecular weight is 451 g/mol. The molecular weight excluding hydrogens is 420 g/mol. The van der Waals surface area contributed by atoms with Crippen LogP contribution in [0.15, 0.2) is 43.2 Å². The van der Waals surface area contributed by atoms with Crippen LogP contribution in [0.1, 0.15) is 32.0 Å². The predicted molar refractivity (Wildman–Crippen MR) is 127 cm³/mol. The lowest BCUT2D eigenvalue weighted by atomic mass is 9.96. The lowest BCUT2D eigenvalue weighted by molar-refractivity contribution is -0.125. The third-order valence-corrected chi connectivity index (χ3v) is 6.18. The van der Waals surface area contributed by atoms with Crippen LogP contribution >= 0.6 is 0 Å². The molecule has 4 rings (SSSR count). The van der Waals surface area contributed by atoms with E-state index in [9.17, 15) is 4.79 Å². The zero-order valence-corrected chi connectivity index (χ0v) is 19.2. The van der Waals surface area contributed by atoms with Gasteiger partial charge in [0.05, 0.1) is 13.7 Å². The minimum atomic E-state index is -0.0471.